The van der Waals surface area contributed by atoms with E-state index in [2.05, 4.69) is 4.90 Å². The van der Waals surface area contributed by atoms with E-state index in [1.807, 2.05) is 4.90 Å². The highest BCUT2D eigenvalue weighted by molar-refractivity contribution is 5.79. The van der Waals surface area contributed by atoms with Crippen LogP contribution in [0, 0.1) is 11.6 Å². The lowest BCUT2D eigenvalue weighted by Gasteiger charge is -2.39. The molecule has 0 N–H and O–H groups in total. The molecule has 1 atom stereocenters. The Labute approximate surface area is 141 Å². The molecule has 0 spiro atoms. The lowest BCUT2D eigenvalue weighted by atomic mass is 10.00. The number of hydrogen-bond acceptors (Lipinski definition) is 3. The zero-order chi connectivity index (χ0) is 16.9. The largest absolute Gasteiger partial charge is 0.379 e. The van der Waals surface area contributed by atoms with E-state index >= 15 is 0 Å². The summed E-state index contributed by atoms with van der Waals surface area (Å²) < 4.78 is 32.2. The van der Waals surface area contributed by atoms with E-state index in [0.29, 0.717) is 0 Å². The number of carbonyl (C=O) groups is 1. The van der Waals surface area contributed by atoms with Crippen LogP contribution in [-0.2, 0) is 16.0 Å². The molecule has 0 radical (unpaired) electrons. The molecule has 2 aliphatic rings. The molecule has 0 aliphatic carbocycles. The van der Waals surface area contributed by atoms with Gasteiger partial charge in [0.05, 0.1) is 19.6 Å². The van der Waals surface area contributed by atoms with Crippen LogP contribution < -0.4 is 0 Å². The average molecular weight is 338 g/mol. The Morgan fingerprint density at radius 1 is 1.17 bits per heavy atom. The van der Waals surface area contributed by atoms with Crippen LogP contribution in [0.25, 0.3) is 0 Å². The monoisotopic (exact) mass is 338 g/mol. The maximum absolute atomic E-state index is 13.8. The van der Waals surface area contributed by atoms with Gasteiger partial charge >= 0.3 is 0 Å². The molecular weight excluding hydrogens is 314 g/mol. The first-order chi connectivity index (χ1) is 11.6. The number of halogens is 2. The molecule has 4 nitrogen and oxygen atoms in total. The summed E-state index contributed by atoms with van der Waals surface area (Å²) in [7, 11) is 0. The summed E-state index contributed by atoms with van der Waals surface area (Å²) in [6.07, 6.45) is 3.07. The summed E-state index contributed by atoms with van der Waals surface area (Å²) in [5.41, 5.74) is 0.261. The molecule has 2 aliphatic heterocycles. The lowest BCUT2D eigenvalue weighted by molar-refractivity contribution is -0.135. The lowest BCUT2D eigenvalue weighted by Crippen LogP contribution is -2.51. The first kappa shape index (κ1) is 17.3. The molecule has 1 amide bonds. The quantitative estimate of drug-likeness (QED) is 0.844. The summed E-state index contributed by atoms with van der Waals surface area (Å²) in [5, 5.41) is 0. The summed E-state index contributed by atoms with van der Waals surface area (Å²) in [5.74, 6) is -1.34. The van der Waals surface area contributed by atoms with Crippen molar-refractivity contribution in [2.75, 3.05) is 39.4 Å². The Morgan fingerprint density at radius 2 is 1.96 bits per heavy atom. The Kier molecular flexibility index (Phi) is 5.79. The van der Waals surface area contributed by atoms with Gasteiger partial charge < -0.3 is 9.64 Å². The molecule has 1 aromatic rings. The Hall–Kier alpha value is -1.53. The van der Waals surface area contributed by atoms with Gasteiger partial charge in [0.2, 0.25) is 5.91 Å². The highest BCUT2D eigenvalue weighted by atomic mass is 19.1. The van der Waals surface area contributed by atoms with E-state index in [9.17, 15) is 13.6 Å². The number of piperidine rings is 1. The average Bonchev–Trinajstić information content (AvgIpc) is 2.59. The highest BCUT2D eigenvalue weighted by Gasteiger charge is 2.29. The van der Waals surface area contributed by atoms with Gasteiger partial charge in [0, 0.05) is 38.3 Å². The van der Waals surface area contributed by atoms with Gasteiger partial charge in [0.25, 0.3) is 0 Å². The second-order valence-corrected chi connectivity index (χ2v) is 6.56. The Morgan fingerprint density at radius 3 is 2.71 bits per heavy atom. The maximum Gasteiger partial charge on any atom is 0.227 e. The molecule has 3 rings (SSSR count). The summed E-state index contributed by atoms with van der Waals surface area (Å²) in [4.78, 5) is 16.9. The second-order valence-electron chi connectivity index (χ2n) is 6.56. The molecule has 6 heteroatoms. The van der Waals surface area contributed by atoms with Crippen molar-refractivity contribution in [2.24, 2.45) is 0 Å². The Balaban J connectivity index is 1.64. The van der Waals surface area contributed by atoms with Crippen molar-refractivity contribution in [2.45, 2.75) is 31.7 Å². The maximum atomic E-state index is 13.8. The third-order valence-corrected chi connectivity index (χ3v) is 4.88. The molecule has 1 aromatic carbocycles. The van der Waals surface area contributed by atoms with Crippen LogP contribution in [0.3, 0.4) is 0 Å². The van der Waals surface area contributed by atoms with Crippen molar-refractivity contribution < 1.29 is 18.3 Å². The van der Waals surface area contributed by atoms with Crippen LogP contribution in [0.5, 0.6) is 0 Å². The molecule has 0 bridgehead atoms. The number of rotatable bonds is 4. The van der Waals surface area contributed by atoms with Gasteiger partial charge in [-0.3, -0.25) is 9.69 Å². The number of hydrogen-bond donors (Lipinski definition) is 0. The minimum Gasteiger partial charge on any atom is -0.379 e. The van der Waals surface area contributed by atoms with Crippen LogP contribution in [0.2, 0.25) is 0 Å². The first-order valence-corrected chi connectivity index (χ1v) is 8.67. The first-order valence-electron chi connectivity index (χ1n) is 8.67. The van der Waals surface area contributed by atoms with Crippen LogP contribution in [0.15, 0.2) is 18.2 Å². The SMILES string of the molecule is O=C(Cc1ccc(F)cc1F)N1CCCCC1CN1CCOCC1. The minimum atomic E-state index is -0.648. The highest BCUT2D eigenvalue weighted by Crippen LogP contribution is 2.21. The molecular formula is C18H24F2N2O2. The van der Waals surface area contributed by atoms with E-state index < -0.39 is 11.6 Å². The summed E-state index contributed by atoms with van der Waals surface area (Å²) in [6, 6.07) is 3.58. The van der Waals surface area contributed by atoms with Gasteiger partial charge in [-0.25, -0.2) is 8.78 Å². The van der Waals surface area contributed by atoms with Gasteiger partial charge in [0.1, 0.15) is 11.6 Å². The molecule has 2 saturated heterocycles. The molecule has 1 unspecified atom stereocenters. The van der Waals surface area contributed by atoms with Gasteiger partial charge in [-0.2, -0.15) is 0 Å². The minimum absolute atomic E-state index is 0.00821. The fourth-order valence-electron chi connectivity index (χ4n) is 3.53. The summed E-state index contributed by atoms with van der Waals surface area (Å²) in [6.45, 7) is 4.83. The van der Waals surface area contributed by atoms with Gasteiger partial charge in [-0.05, 0) is 30.9 Å². The number of likely N-dealkylation sites (tertiary alicyclic amines) is 1. The number of carbonyl (C=O) groups excluding carboxylic acids is 1. The van der Waals surface area contributed by atoms with Crippen LogP contribution in [0.4, 0.5) is 8.78 Å². The molecule has 24 heavy (non-hydrogen) atoms. The van der Waals surface area contributed by atoms with Crippen molar-refractivity contribution in [1.29, 1.82) is 0 Å². The molecule has 132 valence electrons. The van der Waals surface area contributed by atoms with Crippen molar-refractivity contribution in [3.63, 3.8) is 0 Å². The van der Waals surface area contributed by atoms with E-state index in [1.165, 1.54) is 12.1 Å². The number of benzene rings is 1. The van der Waals surface area contributed by atoms with Crippen molar-refractivity contribution in [3.05, 3.63) is 35.4 Å². The van der Waals surface area contributed by atoms with Crippen LogP contribution >= 0.6 is 0 Å². The number of morpholine rings is 1. The standard InChI is InChI=1S/C18H24F2N2O2/c19-15-5-4-14(17(20)12-15)11-18(23)22-6-2-1-3-16(22)13-21-7-9-24-10-8-21/h4-5,12,16H,1-3,6-11,13H2. The summed E-state index contributed by atoms with van der Waals surface area (Å²) >= 11 is 0. The normalized spacial score (nSPS) is 22.6. The smallest absolute Gasteiger partial charge is 0.227 e. The predicted octanol–water partition coefficient (Wildman–Crippen LogP) is 2.22. The molecule has 2 fully saturated rings. The van der Waals surface area contributed by atoms with Crippen molar-refractivity contribution >= 4 is 5.91 Å². The van der Waals surface area contributed by atoms with E-state index in [4.69, 9.17) is 4.74 Å². The number of ether oxygens (including phenoxy) is 1. The predicted molar refractivity (Wildman–Crippen MR) is 86.7 cm³/mol. The molecule has 2 heterocycles. The number of nitrogens with zero attached hydrogens (tertiary/aromatic N) is 2. The van der Waals surface area contributed by atoms with Crippen LogP contribution in [-0.4, -0.2) is 61.1 Å². The second kappa shape index (κ2) is 8.03. The third-order valence-electron chi connectivity index (χ3n) is 4.88. The van der Waals surface area contributed by atoms with E-state index in [0.717, 1.165) is 64.7 Å². The van der Waals surface area contributed by atoms with Crippen molar-refractivity contribution in [1.82, 2.24) is 9.80 Å². The molecule has 0 saturated carbocycles. The fourth-order valence-corrected chi connectivity index (χ4v) is 3.53. The van der Waals surface area contributed by atoms with Gasteiger partial charge in [-0.15, -0.1) is 0 Å². The van der Waals surface area contributed by atoms with Crippen molar-refractivity contribution in [3.8, 4) is 0 Å². The Bertz CT molecular complexity index is 576. The zero-order valence-corrected chi connectivity index (χ0v) is 13.8. The van der Waals surface area contributed by atoms with Gasteiger partial charge in [-0.1, -0.05) is 6.07 Å². The fraction of sp³-hybridized carbons (Fsp3) is 0.611. The topological polar surface area (TPSA) is 32.8 Å². The molecule has 0 aromatic heterocycles. The number of amides is 1. The van der Waals surface area contributed by atoms with E-state index in [1.54, 1.807) is 0 Å². The van der Waals surface area contributed by atoms with Gasteiger partial charge in [0.15, 0.2) is 0 Å². The zero-order valence-electron chi connectivity index (χ0n) is 13.8. The third kappa shape index (κ3) is 4.30. The van der Waals surface area contributed by atoms with Crippen LogP contribution in [0.1, 0.15) is 24.8 Å². The van der Waals surface area contributed by atoms with E-state index in [-0.39, 0.29) is 23.9 Å².